The molecule has 3 unspecified atom stereocenters. The molecule has 2 N–H and O–H groups in total. The highest BCUT2D eigenvalue weighted by atomic mass is 19.1. The highest BCUT2D eigenvalue weighted by Gasteiger charge is 2.43. The number of nitrogens with zero attached hydrogens (tertiary/aromatic N) is 2. The normalized spacial score (nSPS) is 28.1. The zero-order chi connectivity index (χ0) is 13.7. The number of fused-ring (bicyclic) bond motifs is 2. The Kier molecular flexibility index (Phi) is 2.53. The number of hydrogen-bond acceptors (Lipinski definition) is 5. The van der Waals surface area contributed by atoms with E-state index >= 15 is 0 Å². The molecule has 6 heteroatoms. The summed E-state index contributed by atoms with van der Waals surface area (Å²) >= 11 is 0. The Hall–Kier alpha value is -1.95. The summed E-state index contributed by atoms with van der Waals surface area (Å²) in [4.78, 5) is 4.38. The fourth-order valence-corrected chi connectivity index (χ4v) is 3.13. The summed E-state index contributed by atoms with van der Waals surface area (Å²) in [5.74, 6) is 0.599. The maximum Gasteiger partial charge on any atom is 0.260 e. The summed E-state index contributed by atoms with van der Waals surface area (Å²) < 4.78 is 24.5. The van der Waals surface area contributed by atoms with Gasteiger partial charge in [0.05, 0.1) is 29.4 Å². The maximum atomic E-state index is 13.5. The molecule has 104 valence electrons. The molecule has 0 spiro atoms. The first-order valence-electron chi connectivity index (χ1n) is 6.76. The summed E-state index contributed by atoms with van der Waals surface area (Å²) in [5, 5.41) is 4.02. The molecule has 0 amide bonds. The van der Waals surface area contributed by atoms with E-state index in [2.05, 4.69) is 10.1 Å². The quantitative estimate of drug-likeness (QED) is 0.852. The topological polar surface area (TPSA) is 74.2 Å². The predicted octanol–water partition coefficient (Wildman–Crippen LogP) is 2.49. The van der Waals surface area contributed by atoms with E-state index in [1.807, 2.05) is 0 Å². The van der Waals surface area contributed by atoms with Gasteiger partial charge in [-0.05, 0) is 31.4 Å². The van der Waals surface area contributed by atoms with E-state index in [0.29, 0.717) is 17.5 Å². The minimum atomic E-state index is -0.481. The molecule has 0 radical (unpaired) electrons. The van der Waals surface area contributed by atoms with Crippen molar-refractivity contribution < 1.29 is 13.7 Å². The van der Waals surface area contributed by atoms with E-state index < -0.39 is 5.82 Å². The lowest BCUT2D eigenvalue weighted by Gasteiger charge is -2.13. The van der Waals surface area contributed by atoms with Crippen molar-refractivity contribution in [2.24, 2.45) is 0 Å². The Balaban J connectivity index is 1.67. The van der Waals surface area contributed by atoms with Crippen molar-refractivity contribution in [2.75, 3.05) is 5.73 Å². The van der Waals surface area contributed by atoms with Crippen LogP contribution in [0.2, 0.25) is 0 Å². The molecule has 5 nitrogen and oxygen atoms in total. The molecule has 2 aromatic rings. The summed E-state index contributed by atoms with van der Waals surface area (Å²) in [7, 11) is 0. The van der Waals surface area contributed by atoms with Crippen LogP contribution in [0.15, 0.2) is 22.7 Å². The number of aromatic nitrogens is 2. The molecule has 2 fully saturated rings. The number of para-hydroxylation sites is 1. The molecule has 3 heterocycles. The maximum absolute atomic E-state index is 13.5. The van der Waals surface area contributed by atoms with Gasteiger partial charge in [-0.15, -0.1) is 0 Å². The molecule has 2 saturated heterocycles. The third-order valence-corrected chi connectivity index (χ3v) is 4.16. The van der Waals surface area contributed by atoms with Crippen molar-refractivity contribution in [1.29, 1.82) is 0 Å². The average molecular weight is 275 g/mol. The van der Waals surface area contributed by atoms with Crippen LogP contribution in [0.3, 0.4) is 0 Å². The van der Waals surface area contributed by atoms with Crippen LogP contribution in [-0.2, 0) is 4.74 Å². The second-order valence-corrected chi connectivity index (χ2v) is 5.37. The third kappa shape index (κ3) is 1.71. The Morgan fingerprint density at radius 1 is 1.30 bits per heavy atom. The number of nitrogen functional groups attached to an aromatic ring is 1. The Bertz CT molecular complexity index is 658. The zero-order valence-corrected chi connectivity index (χ0v) is 10.8. The number of benzene rings is 1. The molecule has 2 aliphatic rings. The van der Waals surface area contributed by atoms with Gasteiger partial charge in [-0.25, -0.2) is 4.39 Å². The lowest BCUT2D eigenvalue weighted by Crippen LogP contribution is -2.15. The van der Waals surface area contributed by atoms with Crippen LogP contribution in [0, 0.1) is 5.82 Å². The molecule has 0 saturated carbocycles. The monoisotopic (exact) mass is 275 g/mol. The van der Waals surface area contributed by atoms with Crippen LogP contribution in [-0.4, -0.2) is 22.3 Å². The van der Waals surface area contributed by atoms with E-state index in [1.165, 1.54) is 6.07 Å². The SMILES string of the molecule is Nc1c(F)cccc1-c1nc(C2CC3CCC2O3)no1. The number of ether oxygens (including phenoxy) is 1. The zero-order valence-electron chi connectivity index (χ0n) is 10.8. The molecule has 4 rings (SSSR count). The second kappa shape index (κ2) is 4.28. The lowest BCUT2D eigenvalue weighted by molar-refractivity contribution is 0.0996. The van der Waals surface area contributed by atoms with Gasteiger partial charge in [-0.3, -0.25) is 0 Å². The first-order chi connectivity index (χ1) is 9.72. The first-order valence-corrected chi connectivity index (χ1v) is 6.76. The van der Waals surface area contributed by atoms with Crippen LogP contribution in [0.25, 0.3) is 11.5 Å². The molecule has 1 aromatic heterocycles. The van der Waals surface area contributed by atoms with Gasteiger partial charge in [0.25, 0.3) is 5.89 Å². The molecule has 20 heavy (non-hydrogen) atoms. The minimum Gasteiger partial charge on any atom is -0.396 e. The molecule has 2 aliphatic heterocycles. The van der Waals surface area contributed by atoms with Gasteiger partial charge in [0.15, 0.2) is 5.82 Å². The van der Waals surface area contributed by atoms with Gasteiger partial charge < -0.3 is 15.0 Å². The molecule has 0 aliphatic carbocycles. The summed E-state index contributed by atoms with van der Waals surface area (Å²) in [6.07, 6.45) is 3.60. The van der Waals surface area contributed by atoms with Gasteiger partial charge in [-0.1, -0.05) is 11.2 Å². The second-order valence-electron chi connectivity index (χ2n) is 5.37. The summed E-state index contributed by atoms with van der Waals surface area (Å²) in [6.45, 7) is 0. The van der Waals surface area contributed by atoms with Gasteiger partial charge in [0, 0.05) is 0 Å². The number of halogens is 1. The van der Waals surface area contributed by atoms with Gasteiger partial charge >= 0.3 is 0 Å². The van der Waals surface area contributed by atoms with Gasteiger partial charge in [0.2, 0.25) is 0 Å². The number of hydrogen-bond donors (Lipinski definition) is 1. The van der Waals surface area contributed by atoms with Crippen molar-refractivity contribution in [1.82, 2.24) is 10.1 Å². The van der Waals surface area contributed by atoms with E-state index in [9.17, 15) is 4.39 Å². The average Bonchev–Trinajstić information content (AvgIpc) is 3.16. The number of nitrogens with two attached hydrogens (primary N) is 1. The summed E-state index contributed by atoms with van der Waals surface area (Å²) in [5.41, 5.74) is 6.18. The minimum absolute atomic E-state index is 0.0342. The Morgan fingerprint density at radius 2 is 2.20 bits per heavy atom. The van der Waals surface area contributed by atoms with E-state index in [4.69, 9.17) is 15.0 Å². The molecule has 1 aromatic carbocycles. The number of rotatable bonds is 2. The van der Waals surface area contributed by atoms with Crippen LogP contribution < -0.4 is 5.73 Å². The van der Waals surface area contributed by atoms with Gasteiger partial charge in [0.1, 0.15) is 5.82 Å². The fourth-order valence-electron chi connectivity index (χ4n) is 3.13. The standard InChI is InChI=1S/C14H14FN3O2/c15-10-3-1-2-8(12(10)16)14-17-13(18-20-14)9-6-7-4-5-11(9)19-7/h1-3,7,9,11H,4-6,16H2. The van der Waals surface area contributed by atoms with Crippen LogP contribution >= 0.6 is 0 Å². The predicted molar refractivity (Wildman–Crippen MR) is 69.4 cm³/mol. The van der Waals surface area contributed by atoms with E-state index in [0.717, 1.165) is 19.3 Å². The Labute approximate surface area is 114 Å². The van der Waals surface area contributed by atoms with Crippen LogP contribution in [0.4, 0.5) is 10.1 Å². The largest absolute Gasteiger partial charge is 0.396 e. The lowest BCUT2D eigenvalue weighted by atomic mass is 9.89. The van der Waals surface area contributed by atoms with E-state index in [1.54, 1.807) is 12.1 Å². The summed E-state index contributed by atoms with van der Waals surface area (Å²) in [6, 6.07) is 4.55. The Morgan fingerprint density at radius 3 is 2.95 bits per heavy atom. The molecular formula is C14H14FN3O2. The van der Waals surface area contributed by atoms with Crippen molar-refractivity contribution in [3.8, 4) is 11.5 Å². The third-order valence-electron chi connectivity index (χ3n) is 4.16. The molecule has 2 bridgehead atoms. The molecule has 3 atom stereocenters. The van der Waals surface area contributed by atoms with Gasteiger partial charge in [-0.2, -0.15) is 4.98 Å². The van der Waals surface area contributed by atoms with E-state index in [-0.39, 0.29) is 23.6 Å². The first kappa shape index (κ1) is 11.8. The van der Waals surface area contributed by atoms with Crippen LogP contribution in [0.5, 0.6) is 0 Å². The molecular weight excluding hydrogens is 261 g/mol. The van der Waals surface area contributed by atoms with Crippen molar-refractivity contribution >= 4 is 5.69 Å². The van der Waals surface area contributed by atoms with Crippen molar-refractivity contribution in [3.63, 3.8) is 0 Å². The smallest absolute Gasteiger partial charge is 0.260 e. The highest BCUT2D eigenvalue weighted by molar-refractivity contribution is 5.70. The fraction of sp³-hybridized carbons (Fsp3) is 0.429. The van der Waals surface area contributed by atoms with Crippen molar-refractivity contribution in [3.05, 3.63) is 29.8 Å². The van der Waals surface area contributed by atoms with Crippen molar-refractivity contribution in [2.45, 2.75) is 37.4 Å². The number of anilines is 1. The highest BCUT2D eigenvalue weighted by Crippen LogP contribution is 2.43. The van der Waals surface area contributed by atoms with Crippen LogP contribution in [0.1, 0.15) is 31.0 Å².